The van der Waals surface area contributed by atoms with Crippen molar-refractivity contribution < 1.29 is 0 Å². The van der Waals surface area contributed by atoms with Crippen molar-refractivity contribution in [3.05, 3.63) is 51.7 Å². The molecule has 0 unspecified atom stereocenters. The van der Waals surface area contributed by atoms with Crippen molar-refractivity contribution in [1.82, 2.24) is 14.8 Å². The van der Waals surface area contributed by atoms with Crippen LogP contribution in [0.1, 0.15) is 5.56 Å². The Bertz CT molecular complexity index is 736. The summed E-state index contributed by atoms with van der Waals surface area (Å²) in [5.74, 6) is 0. The van der Waals surface area contributed by atoms with Crippen LogP contribution in [0, 0.1) is 6.92 Å². The molecule has 3 nitrogen and oxygen atoms in total. The number of fused-ring (bicyclic) bond motifs is 1. The Morgan fingerprint density at radius 1 is 1.22 bits per heavy atom. The summed E-state index contributed by atoms with van der Waals surface area (Å²) in [6.07, 6.45) is 1.76. The zero-order valence-corrected chi connectivity index (χ0v) is 11.9. The van der Waals surface area contributed by atoms with Gasteiger partial charge in [-0.25, -0.2) is 9.67 Å². The second-order valence-corrected chi connectivity index (χ2v) is 5.12. The summed E-state index contributed by atoms with van der Waals surface area (Å²) in [4.78, 5) is 4.38. The Labute approximate surface area is 118 Å². The van der Waals surface area contributed by atoms with Crippen LogP contribution in [0.4, 0.5) is 0 Å². The second-order valence-electron chi connectivity index (χ2n) is 3.96. The minimum Gasteiger partial charge on any atom is -0.236 e. The summed E-state index contributed by atoms with van der Waals surface area (Å²) in [5, 5.41) is 6.18. The van der Waals surface area contributed by atoms with Crippen molar-refractivity contribution in [2.45, 2.75) is 6.92 Å². The van der Waals surface area contributed by atoms with E-state index in [0.717, 1.165) is 31.9 Å². The van der Waals surface area contributed by atoms with Gasteiger partial charge in [-0.05, 0) is 52.7 Å². The molecule has 0 saturated heterocycles. The summed E-state index contributed by atoms with van der Waals surface area (Å²) >= 11 is 9.60. The van der Waals surface area contributed by atoms with Gasteiger partial charge in [-0.1, -0.05) is 17.7 Å². The van der Waals surface area contributed by atoms with E-state index in [9.17, 15) is 0 Å². The molecule has 0 aliphatic carbocycles. The summed E-state index contributed by atoms with van der Waals surface area (Å²) in [6, 6.07) is 9.64. The molecule has 3 rings (SSSR count). The zero-order chi connectivity index (χ0) is 12.7. The van der Waals surface area contributed by atoms with E-state index in [4.69, 9.17) is 11.6 Å². The Morgan fingerprint density at radius 3 is 2.89 bits per heavy atom. The minimum atomic E-state index is 0.725. The van der Waals surface area contributed by atoms with E-state index in [1.54, 1.807) is 10.9 Å². The van der Waals surface area contributed by atoms with Crippen molar-refractivity contribution in [2.24, 2.45) is 0 Å². The molecule has 0 saturated carbocycles. The molecule has 1 aromatic carbocycles. The van der Waals surface area contributed by atoms with E-state index < -0.39 is 0 Å². The average Bonchev–Trinajstić information content (AvgIpc) is 2.71. The maximum Gasteiger partial charge on any atom is 0.164 e. The van der Waals surface area contributed by atoms with Crippen LogP contribution in [0.25, 0.3) is 16.7 Å². The van der Waals surface area contributed by atoms with Crippen LogP contribution in [0.3, 0.4) is 0 Å². The molecule has 0 fully saturated rings. The first-order valence-corrected chi connectivity index (χ1v) is 6.60. The number of pyridine rings is 1. The number of nitrogens with zero attached hydrogens (tertiary/aromatic N) is 3. The van der Waals surface area contributed by atoms with Gasteiger partial charge in [0.1, 0.15) is 4.60 Å². The van der Waals surface area contributed by atoms with Crippen molar-refractivity contribution >= 4 is 38.6 Å². The molecular weight excluding hydrogens is 314 g/mol. The molecule has 0 aliphatic rings. The van der Waals surface area contributed by atoms with Crippen LogP contribution in [0.5, 0.6) is 0 Å². The SMILES string of the molecule is Cc1c(Cl)cccc1-n1nc(Br)c2cccnc21. The first-order chi connectivity index (χ1) is 8.68. The van der Waals surface area contributed by atoms with E-state index in [1.807, 2.05) is 37.3 Å². The van der Waals surface area contributed by atoms with Gasteiger partial charge in [-0.15, -0.1) is 0 Å². The predicted octanol–water partition coefficient (Wildman–Crippen LogP) is 4.14. The van der Waals surface area contributed by atoms with E-state index in [0.29, 0.717) is 0 Å². The first kappa shape index (κ1) is 11.7. The van der Waals surface area contributed by atoms with E-state index in [1.165, 1.54) is 0 Å². The lowest BCUT2D eigenvalue weighted by Crippen LogP contribution is -2.00. The fourth-order valence-corrected chi connectivity index (χ4v) is 2.55. The molecule has 0 aliphatic heterocycles. The van der Waals surface area contributed by atoms with E-state index in [-0.39, 0.29) is 0 Å². The highest BCUT2D eigenvalue weighted by Gasteiger charge is 2.13. The van der Waals surface area contributed by atoms with Crippen molar-refractivity contribution in [2.75, 3.05) is 0 Å². The maximum atomic E-state index is 6.15. The van der Waals surface area contributed by atoms with Crippen molar-refractivity contribution in [3.63, 3.8) is 0 Å². The van der Waals surface area contributed by atoms with E-state index in [2.05, 4.69) is 26.0 Å². The van der Waals surface area contributed by atoms with Gasteiger partial charge in [-0.2, -0.15) is 5.10 Å². The topological polar surface area (TPSA) is 30.7 Å². The monoisotopic (exact) mass is 321 g/mol. The molecule has 0 bridgehead atoms. The van der Waals surface area contributed by atoms with Crippen molar-refractivity contribution in [3.8, 4) is 5.69 Å². The van der Waals surface area contributed by atoms with Gasteiger partial charge in [0, 0.05) is 11.2 Å². The normalized spacial score (nSPS) is 11.1. The van der Waals surface area contributed by atoms with Gasteiger partial charge < -0.3 is 0 Å². The smallest absolute Gasteiger partial charge is 0.164 e. The molecule has 2 heterocycles. The fourth-order valence-electron chi connectivity index (χ4n) is 1.91. The van der Waals surface area contributed by atoms with Crippen LogP contribution in [0.2, 0.25) is 5.02 Å². The van der Waals surface area contributed by atoms with Gasteiger partial charge in [0.05, 0.1) is 11.1 Å². The highest BCUT2D eigenvalue weighted by atomic mass is 79.9. The molecule has 90 valence electrons. The summed E-state index contributed by atoms with van der Waals surface area (Å²) in [7, 11) is 0. The van der Waals surface area contributed by atoms with Gasteiger partial charge in [0.2, 0.25) is 0 Å². The minimum absolute atomic E-state index is 0.725. The van der Waals surface area contributed by atoms with Gasteiger partial charge in [0.15, 0.2) is 5.65 Å². The lowest BCUT2D eigenvalue weighted by molar-refractivity contribution is 0.879. The molecule has 0 atom stereocenters. The zero-order valence-electron chi connectivity index (χ0n) is 9.56. The standard InChI is InChI=1S/C13H9BrClN3/c1-8-10(15)5-2-6-11(8)18-13-9(12(14)17-18)4-3-7-16-13/h2-7H,1H3. The summed E-state index contributed by atoms with van der Waals surface area (Å²) in [6.45, 7) is 1.97. The lowest BCUT2D eigenvalue weighted by Gasteiger charge is -2.07. The Kier molecular flexibility index (Phi) is 2.84. The molecule has 0 N–H and O–H groups in total. The number of benzene rings is 1. The third-order valence-corrected chi connectivity index (χ3v) is 3.86. The van der Waals surface area contributed by atoms with Gasteiger partial charge in [-0.3, -0.25) is 0 Å². The Balaban J connectivity index is 2.36. The summed E-state index contributed by atoms with van der Waals surface area (Å²) < 4.78 is 2.59. The summed E-state index contributed by atoms with van der Waals surface area (Å²) in [5.41, 5.74) is 2.74. The van der Waals surface area contributed by atoms with E-state index >= 15 is 0 Å². The van der Waals surface area contributed by atoms with Crippen molar-refractivity contribution in [1.29, 1.82) is 0 Å². The van der Waals surface area contributed by atoms with Crippen LogP contribution >= 0.6 is 27.5 Å². The molecule has 0 radical (unpaired) electrons. The highest BCUT2D eigenvalue weighted by molar-refractivity contribution is 9.10. The molecular formula is C13H9BrClN3. The highest BCUT2D eigenvalue weighted by Crippen LogP contribution is 2.27. The first-order valence-electron chi connectivity index (χ1n) is 5.43. The predicted molar refractivity (Wildman–Crippen MR) is 76.3 cm³/mol. The maximum absolute atomic E-state index is 6.15. The largest absolute Gasteiger partial charge is 0.236 e. The molecule has 3 aromatic rings. The molecule has 0 spiro atoms. The van der Waals surface area contributed by atoms with Crippen LogP contribution in [-0.4, -0.2) is 14.8 Å². The van der Waals surface area contributed by atoms with Gasteiger partial charge >= 0.3 is 0 Å². The third-order valence-electron chi connectivity index (χ3n) is 2.86. The molecule has 2 aromatic heterocycles. The van der Waals surface area contributed by atoms with Crippen LogP contribution < -0.4 is 0 Å². The number of rotatable bonds is 1. The quantitative estimate of drug-likeness (QED) is 0.674. The number of hydrogen-bond acceptors (Lipinski definition) is 2. The third kappa shape index (κ3) is 1.72. The number of aromatic nitrogens is 3. The van der Waals surface area contributed by atoms with Crippen LogP contribution in [-0.2, 0) is 0 Å². The lowest BCUT2D eigenvalue weighted by atomic mass is 10.2. The Morgan fingerprint density at radius 2 is 2.06 bits per heavy atom. The van der Waals surface area contributed by atoms with Crippen LogP contribution in [0.15, 0.2) is 41.1 Å². The average molecular weight is 323 g/mol. The molecule has 18 heavy (non-hydrogen) atoms. The second kappa shape index (κ2) is 4.37. The number of halogens is 2. The van der Waals surface area contributed by atoms with Gasteiger partial charge in [0.25, 0.3) is 0 Å². The fraction of sp³-hybridized carbons (Fsp3) is 0.0769. The Hall–Kier alpha value is -1.39. The molecule has 5 heteroatoms. The number of hydrogen-bond donors (Lipinski definition) is 0. The molecule has 0 amide bonds.